The Hall–Kier alpha value is -1.56. The Morgan fingerprint density at radius 3 is 2.75 bits per heavy atom. The second-order valence-corrected chi connectivity index (χ2v) is 6.79. The van der Waals surface area contributed by atoms with Crippen LogP contribution in [0.15, 0.2) is 47.4 Å². The Balaban J connectivity index is 1.79. The van der Waals surface area contributed by atoms with Crippen molar-refractivity contribution >= 4 is 29.3 Å². The fourth-order valence-corrected chi connectivity index (χ4v) is 3.32. The molecule has 1 heterocycles. The largest absolute Gasteiger partial charge is 0.370 e. The molecule has 1 unspecified atom stereocenters. The van der Waals surface area contributed by atoms with E-state index in [0.29, 0.717) is 30.3 Å². The van der Waals surface area contributed by atoms with Gasteiger partial charge in [-0.3, -0.25) is 4.79 Å². The molecular formula is C18H17ClFNO2S. The first-order chi connectivity index (χ1) is 11.6. The van der Waals surface area contributed by atoms with Gasteiger partial charge in [0.05, 0.1) is 23.7 Å². The molecule has 1 amide bonds. The summed E-state index contributed by atoms with van der Waals surface area (Å²) in [5, 5.41) is 0.447. The average molecular weight is 366 g/mol. The van der Waals surface area contributed by atoms with Crippen LogP contribution in [0.3, 0.4) is 0 Å². The number of hydrogen-bond donors (Lipinski definition) is 0. The number of carbonyl (C=O) groups excluding carboxylic acids is 1. The van der Waals surface area contributed by atoms with Crippen LogP contribution < -0.4 is 0 Å². The van der Waals surface area contributed by atoms with Gasteiger partial charge < -0.3 is 9.64 Å². The molecule has 2 aromatic carbocycles. The van der Waals surface area contributed by atoms with E-state index >= 15 is 0 Å². The van der Waals surface area contributed by atoms with Gasteiger partial charge in [-0.2, -0.15) is 0 Å². The lowest BCUT2D eigenvalue weighted by molar-refractivity contribution is -0.0228. The molecule has 3 nitrogen and oxygen atoms in total. The molecule has 24 heavy (non-hydrogen) atoms. The number of amides is 1. The zero-order valence-electron chi connectivity index (χ0n) is 13.2. The highest BCUT2D eigenvalue weighted by atomic mass is 35.5. The van der Waals surface area contributed by atoms with E-state index in [-0.39, 0.29) is 17.8 Å². The maximum Gasteiger partial charge on any atom is 0.255 e. The second-order valence-electron chi connectivity index (χ2n) is 5.51. The minimum Gasteiger partial charge on any atom is -0.370 e. The molecule has 0 aliphatic carbocycles. The topological polar surface area (TPSA) is 29.5 Å². The number of halogens is 2. The Bertz CT molecular complexity index is 738. The van der Waals surface area contributed by atoms with E-state index in [1.807, 2.05) is 18.4 Å². The number of ether oxygens (including phenoxy) is 1. The van der Waals surface area contributed by atoms with E-state index in [2.05, 4.69) is 0 Å². The summed E-state index contributed by atoms with van der Waals surface area (Å²) in [5.74, 6) is -0.394. The predicted molar refractivity (Wildman–Crippen MR) is 94.2 cm³/mol. The third-order valence-electron chi connectivity index (χ3n) is 4.00. The van der Waals surface area contributed by atoms with Crippen LogP contribution in [0, 0.1) is 5.82 Å². The number of rotatable bonds is 3. The van der Waals surface area contributed by atoms with Gasteiger partial charge in [0.1, 0.15) is 11.9 Å². The number of hydrogen-bond acceptors (Lipinski definition) is 3. The monoisotopic (exact) mass is 365 g/mol. The smallest absolute Gasteiger partial charge is 0.255 e. The molecule has 1 atom stereocenters. The summed E-state index contributed by atoms with van der Waals surface area (Å²) < 4.78 is 18.8. The van der Waals surface area contributed by atoms with Gasteiger partial charge in [0.2, 0.25) is 0 Å². The number of nitrogens with zero attached hydrogens (tertiary/aromatic N) is 1. The van der Waals surface area contributed by atoms with E-state index in [1.54, 1.807) is 34.9 Å². The van der Waals surface area contributed by atoms with Gasteiger partial charge >= 0.3 is 0 Å². The van der Waals surface area contributed by atoms with Gasteiger partial charge in [-0.15, -0.1) is 11.8 Å². The lowest BCUT2D eigenvalue weighted by Gasteiger charge is -2.33. The van der Waals surface area contributed by atoms with Crippen LogP contribution in [0.25, 0.3) is 0 Å². The van der Waals surface area contributed by atoms with E-state index in [4.69, 9.17) is 16.3 Å². The van der Waals surface area contributed by atoms with Crippen molar-refractivity contribution in [1.82, 2.24) is 4.90 Å². The van der Waals surface area contributed by atoms with Crippen LogP contribution in [0.2, 0.25) is 5.02 Å². The van der Waals surface area contributed by atoms with Gasteiger partial charge in [-0.05, 0) is 42.2 Å². The van der Waals surface area contributed by atoms with Crippen molar-refractivity contribution in [2.24, 2.45) is 0 Å². The molecule has 0 bridgehead atoms. The van der Waals surface area contributed by atoms with Gasteiger partial charge in [0.15, 0.2) is 0 Å². The second kappa shape index (κ2) is 7.55. The molecule has 0 saturated carbocycles. The number of benzene rings is 2. The normalized spacial score (nSPS) is 17.8. The van der Waals surface area contributed by atoms with Gasteiger partial charge in [-0.1, -0.05) is 23.7 Å². The third kappa shape index (κ3) is 3.74. The summed E-state index contributed by atoms with van der Waals surface area (Å²) in [4.78, 5) is 15.6. The van der Waals surface area contributed by atoms with Crippen LogP contribution in [0.5, 0.6) is 0 Å². The molecule has 6 heteroatoms. The Labute approximate surface area is 149 Å². The van der Waals surface area contributed by atoms with Crippen LogP contribution in [-0.2, 0) is 4.74 Å². The lowest BCUT2D eigenvalue weighted by Crippen LogP contribution is -2.42. The number of thioether (sulfide) groups is 1. The molecule has 1 saturated heterocycles. The van der Waals surface area contributed by atoms with E-state index < -0.39 is 0 Å². The molecule has 0 spiro atoms. The van der Waals surface area contributed by atoms with Crippen molar-refractivity contribution < 1.29 is 13.9 Å². The number of morpholine rings is 1. The van der Waals surface area contributed by atoms with Gasteiger partial charge in [0.25, 0.3) is 5.91 Å². The highest BCUT2D eigenvalue weighted by Crippen LogP contribution is 2.27. The van der Waals surface area contributed by atoms with Crippen LogP contribution in [-0.4, -0.2) is 36.8 Å². The van der Waals surface area contributed by atoms with Crippen molar-refractivity contribution in [1.29, 1.82) is 0 Å². The molecule has 1 fully saturated rings. The molecule has 0 aromatic heterocycles. The average Bonchev–Trinajstić information content (AvgIpc) is 2.62. The van der Waals surface area contributed by atoms with Crippen molar-refractivity contribution in [3.8, 4) is 0 Å². The Morgan fingerprint density at radius 2 is 2.04 bits per heavy atom. The molecule has 2 aromatic rings. The maximum atomic E-state index is 13.1. The SMILES string of the molecule is CSc1ccc(Cl)c(C(=O)N2CCOC(c3ccc(F)cc3)C2)c1. The first-order valence-corrected chi connectivity index (χ1v) is 9.18. The molecular weight excluding hydrogens is 349 g/mol. The van der Waals surface area contributed by atoms with Gasteiger partial charge in [0, 0.05) is 11.4 Å². The zero-order valence-corrected chi connectivity index (χ0v) is 14.7. The summed E-state index contributed by atoms with van der Waals surface area (Å²) in [7, 11) is 0. The van der Waals surface area contributed by atoms with E-state index in [9.17, 15) is 9.18 Å². The van der Waals surface area contributed by atoms with Crippen LogP contribution in [0.1, 0.15) is 22.0 Å². The molecule has 1 aliphatic heterocycles. The molecule has 126 valence electrons. The number of carbonyl (C=O) groups is 1. The van der Waals surface area contributed by atoms with Crippen LogP contribution >= 0.6 is 23.4 Å². The molecule has 1 aliphatic rings. The lowest BCUT2D eigenvalue weighted by atomic mass is 10.1. The molecule has 0 N–H and O–H groups in total. The fourth-order valence-electron chi connectivity index (χ4n) is 2.68. The Morgan fingerprint density at radius 1 is 1.29 bits per heavy atom. The molecule has 3 rings (SSSR count). The summed E-state index contributed by atoms with van der Waals surface area (Å²) in [6.07, 6.45) is 1.70. The minimum atomic E-state index is -0.289. The van der Waals surface area contributed by atoms with Crippen LogP contribution in [0.4, 0.5) is 4.39 Å². The maximum absolute atomic E-state index is 13.1. The first kappa shape index (κ1) is 17.3. The summed E-state index contributed by atoms with van der Waals surface area (Å²) in [5.41, 5.74) is 1.36. The summed E-state index contributed by atoms with van der Waals surface area (Å²) >= 11 is 7.77. The highest BCUT2D eigenvalue weighted by molar-refractivity contribution is 7.98. The predicted octanol–water partition coefficient (Wildman–Crippen LogP) is 4.41. The molecule has 0 radical (unpaired) electrons. The van der Waals surface area contributed by atoms with Crippen molar-refractivity contribution in [3.05, 3.63) is 64.4 Å². The fraction of sp³-hybridized carbons (Fsp3) is 0.278. The van der Waals surface area contributed by atoms with Crippen molar-refractivity contribution in [2.75, 3.05) is 26.0 Å². The first-order valence-electron chi connectivity index (χ1n) is 7.58. The third-order valence-corrected chi connectivity index (χ3v) is 5.05. The van der Waals surface area contributed by atoms with Crippen molar-refractivity contribution in [2.45, 2.75) is 11.0 Å². The van der Waals surface area contributed by atoms with E-state index in [1.165, 1.54) is 12.1 Å². The van der Waals surface area contributed by atoms with E-state index in [0.717, 1.165) is 10.5 Å². The Kier molecular flexibility index (Phi) is 5.43. The summed E-state index contributed by atoms with van der Waals surface area (Å²) in [6, 6.07) is 11.6. The quantitative estimate of drug-likeness (QED) is 0.754. The highest BCUT2D eigenvalue weighted by Gasteiger charge is 2.27. The van der Waals surface area contributed by atoms with Crippen molar-refractivity contribution in [3.63, 3.8) is 0 Å². The standard InChI is InChI=1S/C18H17ClFNO2S/c1-24-14-6-7-16(19)15(10-14)18(22)21-8-9-23-17(11-21)12-2-4-13(20)5-3-12/h2-7,10,17H,8-9,11H2,1H3. The minimum absolute atomic E-state index is 0.105. The van der Waals surface area contributed by atoms with Gasteiger partial charge in [-0.25, -0.2) is 4.39 Å². The summed E-state index contributed by atoms with van der Waals surface area (Å²) in [6.45, 7) is 1.37. The zero-order chi connectivity index (χ0) is 17.1.